The first-order valence-corrected chi connectivity index (χ1v) is 8.43. The van der Waals surface area contributed by atoms with Gasteiger partial charge in [-0.2, -0.15) is 0 Å². The highest BCUT2D eigenvalue weighted by Gasteiger charge is 2.18. The molecule has 0 aliphatic carbocycles. The molecule has 1 N–H and O–H groups in total. The van der Waals surface area contributed by atoms with Gasteiger partial charge in [0.15, 0.2) is 11.5 Å². The maximum atomic E-state index is 5.62. The van der Waals surface area contributed by atoms with Gasteiger partial charge in [-0.15, -0.1) is 0 Å². The minimum Gasteiger partial charge on any atom is -0.493 e. The van der Waals surface area contributed by atoms with Crippen LogP contribution in [0.3, 0.4) is 0 Å². The zero-order valence-corrected chi connectivity index (χ0v) is 16.2. The van der Waals surface area contributed by atoms with Crippen LogP contribution in [-0.4, -0.2) is 45.8 Å². The molecule has 1 aromatic rings. The molecule has 0 spiro atoms. The smallest absolute Gasteiger partial charge is 0.175 e. The van der Waals surface area contributed by atoms with Crippen molar-refractivity contribution in [2.75, 3.05) is 40.9 Å². The summed E-state index contributed by atoms with van der Waals surface area (Å²) in [5.41, 5.74) is 1.41. The quantitative estimate of drug-likeness (QED) is 0.718. The van der Waals surface area contributed by atoms with Gasteiger partial charge in [0.05, 0.1) is 18.2 Å². The second kappa shape index (κ2) is 8.75. The van der Waals surface area contributed by atoms with E-state index < -0.39 is 0 Å². The van der Waals surface area contributed by atoms with Crippen LogP contribution in [0.4, 0.5) is 0 Å². The highest BCUT2D eigenvalue weighted by molar-refractivity contribution is 9.10. The second-order valence-electron chi connectivity index (χ2n) is 6.55. The molecule has 0 radical (unpaired) electrons. The Hall–Kier alpha value is -0.780. The fourth-order valence-corrected chi connectivity index (χ4v) is 3.22. The zero-order chi connectivity index (χ0) is 16.8. The van der Waals surface area contributed by atoms with Crippen molar-refractivity contribution in [2.24, 2.45) is 5.41 Å². The molecule has 0 fully saturated rings. The predicted molar refractivity (Wildman–Crippen MR) is 95.9 cm³/mol. The molecule has 4 nitrogen and oxygen atoms in total. The van der Waals surface area contributed by atoms with E-state index >= 15 is 0 Å². The zero-order valence-electron chi connectivity index (χ0n) is 14.6. The predicted octanol–water partition coefficient (Wildman–Crippen LogP) is 3.53. The van der Waals surface area contributed by atoms with Crippen LogP contribution in [0.15, 0.2) is 16.6 Å². The van der Waals surface area contributed by atoms with E-state index in [-0.39, 0.29) is 5.41 Å². The summed E-state index contributed by atoms with van der Waals surface area (Å²) in [4.78, 5) is 2.22. The topological polar surface area (TPSA) is 33.7 Å². The lowest BCUT2D eigenvalue weighted by atomic mass is 9.93. The van der Waals surface area contributed by atoms with Crippen molar-refractivity contribution >= 4 is 15.9 Å². The molecular formula is C17H29BrN2O2. The standard InChI is InChI=1S/C17H29BrN2O2/c1-7-22-16-14(18)8-13(9-15(16)21-6)10-19-11-17(2,3)12-20(4)5/h8-9,19H,7,10-12H2,1-6H3. The molecule has 0 bridgehead atoms. The lowest BCUT2D eigenvalue weighted by Crippen LogP contribution is -2.37. The van der Waals surface area contributed by atoms with Crippen molar-refractivity contribution in [3.8, 4) is 11.5 Å². The van der Waals surface area contributed by atoms with Crippen LogP contribution >= 0.6 is 15.9 Å². The molecule has 0 unspecified atom stereocenters. The van der Waals surface area contributed by atoms with Crippen LogP contribution in [0.25, 0.3) is 0 Å². The van der Waals surface area contributed by atoms with E-state index in [9.17, 15) is 0 Å². The molecule has 22 heavy (non-hydrogen) atoms. The van der Waals surface area contributed by atoms with Gasteiger partial charge in [0, 0.05) is 19.6 Å². The highest BCUT2D eigenvalue weighted by atomic mass is 79.9. The van der Waals surface area contributed by atoms with Gasteiger partial charge >= 0.3 is 0 Å². The number of halogens is 1. The largest absolute Gasteiger partial charge is 0.493 e. The Bertz CT molecular complexity index is 476. The number of hydrogen-bond acceptors (Lipinski definition) is 4. The number of hydrogen-bond donors (Lipinski definition) is 1. The maximum absolute atomic E-state index is 5.62. The van der Waals surface area contributed by atoms with E-state index in [1.165, 1.54) is 5.56 Å². The van der Waals surface area contributed by atoms with Gasteiger partial charge in [-0.3, -0.25) is 0 Å². The van der Waals surface area contributed by atoms with Crippen molar-refractivity contribution in [3.05, 3.63) is 22.2 Å². The van der Waals surface area contributed by atoms with Gasteiger partial charge in [0.1, 0.15) is 0 Å². The Kier molecular flexibility index (Phi) is 7.66. The summed E-state index contributed by atoms with van der Waals surface area (Å²) in [6, 6.07) is 4.11. The van der Waals surface area contributed by atoms with Crippen LogP contribution in [0.2, 0.25) is 0 Å². The summed E-state index contributed by atoms with van der Waals surface area (Å²) in [5.74, 6) is 1.53. The highest BCUT2D eigenvalue weighted by Crippen LogP contribution is 2.36. The van der Waals surface area contributed by atoms with Crippen LogP contribution in [-0.2, 0) is 6.54 Å². The van der Waals surface area contributed by atoms with E-state index in [0.717, 1.165) is 35.6 Å². The first-order valence-electron chi connectivity index (χ1n) is 7.63. The molecule has 0 amide bonds. The third kappa shape index (κ3) is 6.15. The molecule has 5 heteroatoms. The van der Waals surface area contributed by atoms with Gasteiger partial charge in [-0.05, 0) is 60.1 Å². The third-order valence-corrected chi connectivity index (χ3v) is 3.84. The molecule has 0 aromatic heterocycles. The number of rotatable bonds is 9. The Morgan fingerprint density at radius 3 is 2.50 bits per heavy atom. The fourth-order valence-electron chi connectivity index (χ4n) is 2.62. The SMILES string of the molecule is CCOc1c(Br)cc(CNCC(C)(C)CN(C)C)cc1OC. The molecule has 1 aromatic carbocycles. The average Bonchev–Trinajstić information content (AvgIpc) is 2.39. The molecular weight excluding hydrogens is 344 g/mol. The van der Waals surface area contributed by atoms with Gasteiger partial charge in [0.25, 0.3) is 0 Å². The van der Waals surface area contributed by atoms with E-state index in [0.29, 0.717) is 6.61 Å². The molecule has 0 atom stereocenters. The summed E-state index contributed by atoms with van der Waals surface area (Å²) >= 11 is 3.56. The van der Waals surface area contributed by atoms with Gasteiger partial charge in [-0.25, -0.2) is 0 Å². The van der Waals surface area contributed by atoms with E-state index in [1.54, 1.807) is 7.11 Å². The van der Waals surface area contributed by atoms with E-state index in [4.69, 9.17) is 9.47 Å². The van der Waals surface area contributed by atoms with E-state index in [2.05, 4.69) is 60.2 Å². The first kappa shape index (κ1) is 19.3. The van der Waals surface area contributed by atoms with Crippen molar-refractivity contribution in [1.29, 1.82) is 0 Å². The lowest BCUT2D eigenvalue weighted by molar-refractivity contribution is 0.232. The van der Waals surface area contributed by atoms with Crippen LogP contribution < -0.4 is 14.8 Å². The fraction of sp³-hybridized carbons (Fsp3) is 0.647. The molecule has 0 heterocycles. The molecule has 0 aliphatic rings. The van der Waals surface area contributed by atoms with Gasteiger partial charge in [0.2, 0.25) is 0 Å². The van der Waals surface area contributed by atoms with Gasteiger partial charge in [-0.1, -0.05) is 13.8 Å². The van der Waals surface area contributed by atoms with E-state index in [1.807, 2.05) is 13.0 Å². The molecule has 0 aliphatic heterocycles. The van der Waals surface area contributed by atoms with Gasteiger partial charge < -0.3 is 19.7 Å². The van der Waals surface area contributed by atoms with Crippen LogP contribution in [0.1, 0.15) is 26.3 Å². The Morgan fingerprint density at radius 1 is 1.27 bits per heavy atom. The number of nitrogens with one attached hydrogen (secondary N) is 1. The molecule has 126 valence electrons. The average molecular weight is 373 g/mol. The monoisotopic (exact) mass is 372 g/mol. The van der Waals surface area contributed by atoms with Crippen molar-refractivity contribution in [3.63, 3.8) is 0 Å². The number of nitrogens with zero attached hydrogens (tertiary/aromatic N) is 1. The normalized spacial score (nSPS) is 11.8. The first-order chi connectivity index (χ1) is 10.3. The Labute approximate surface area is 143 Å². The minimum atomic E-state index is 0.232. The van der Waals surface area contributed by atoms with Crippen LogP contribution in [0.5, 0.6) is 11.5 Å². The molecule has 0 saturated heterocycles. The summed E-state index contributed by atoms with van der Waals surface area (Å²) < 4.78 is 12.0. The summed E-state index contributed by atoms with van der Waals surface area (Å²) in [5, 5.41) is 3.53. The van der Waals surface area contributed by atoms with Crippen molar-refractivity contribution in [1.82, 2.24) is 10.2 Å². The summed E-state index contributed by atoms with van der Waals surface area (Å²) in [6.45, 7) is 9.94. The van der Waals surface area contributed by atoms with Crippen molar-refractivity contribution in [2.45, 2.75) is 27.3 Å². The summed E-state index contributed by atoms with van der Waals surface area (Å²) in [7, 11) is 5.88. The number of ether oxygens (including phenoxy) is 2. The van der Waals surface area contributed by atoms with Crippen LogP contribution in [0, 0.1) is 5.41 Å². The van der Waals surface area contributed by atoms with Crippen molar-refractivity contribution < 1.29 is 9.47 Å². The molecule has 1 rings (SSSR count). The Balaban J connectivity index is 2.69. The lowest BCUT2D eigenvalue weighted by Gasteiger charge is -2.28. The maximum Gasteiger partial charge on any atom is 0.175 e. The third-order valence-electron chi connectivity index (χ3n) is 3.25. The summed E-state index contributed by atoms with van der Waals surface area (Å²) in [6.07, 6.45) is 0. The molecule has 0 saturated carbocycles. The number of benzene rings is 1. The Morgan fingerprint density at radius 2 is 1.95 bits per heavy atom. The minimum absolute atomic E-state index is 0.232. The number of methoxy groups -OCH3 is 1. The second-order valence-corrected chi connectivity index (χ2v) is 7.40.